The smallest absolute Gasteiger partial charge is 0.252 e. The Labute approximate surface area is 156 Å². The molecule has 0 saturated heterocycles. The molecule has 1 heterocycles. The topological polar surface area (TPSA) is 54.9 Å². The Bertz CT molecular complexity index is 786. The van der Waals surface area contributed by atoms with Crippen molar-refractivity contribution in [3.63, 3.8) is 0 Å². The highest BCUT2D eigenvalue weighted by molar-refractivity contribution is 6.33. The van der Waals surface area contributed by atoms with Gasteiger partial charge < -0.3 is 5.32 Å². The fourth-order valence-corrected chi connectivity index (χ4v) is 3.54. The van der Waals surface area contributed by atoms with Gasteiger partial charge in [-0.05, 0) is 37.5 Å². The molecule has 0 radical (unpaired) electrons. The Morgan fingerprint density at radius 1 is 1.15 bits per heavy atom. The predicted octanol–water partition coefficient (Wildman–Crippen LogP) is 4.32. The lowest BCUT2D eigenvalue weighted by Gasteiger charge is -2.40. The van der Waals surface area contributed by atoms with Crippen LogP contribution in [0.15, 0.2) is 36.7 Å². The maximum atomic E-state index is 13.7. The lowest BCUT2D eigenvalue weighted by atomic mass is 9.69. The third kappa shape index (κ3) is 4.01. The number of amides is 1. The number of nitrogens with one attached hydrogen (secondary N) is 1. The molecular weight excluding hydrogens is 360 g/mol. The predicted molar refractivity (Wildman–Crippen MR) is 95.6 cm³/mol. The van der Waals surface area contributed by atoms with Crippen LogP contribution in [-0.2, 0) is 5.41 Å². The zero-order valence-corrected chi connectivity index (χ0v) is 15.2. The molecule has 0 spiro atoms. The van der Waals surface area contributed by atoms with Crippen LogP contribution in [0.3, 0.4) is 0 Å². The number of benzene rings is 1. The number of aromatic nitrogens is 2. The SMILES string of the molecule is Cc1ncc(C2(CNC(=O)c3ccccc3Cl)CCC(F)(F)CC2)cn1. The molecule has 0 atom stereocenters. The summed E-state index contributed by atoms with van der Waals surface area (Å²) >= 11 is 6.07. The van der Waals surface area contributed by atoms with E-state index in [-0.39, 0.29) is 38.1 Å². The van der Waals surface area contributed by atoms with E-state index in [1.807, 2.05) is 0 Å². The quantitative estimate of drug-likeness (QED) is 0.860. The molecule has 2 aromatic rings. The maximum absolute atomic E-state index is 13.7. The number of halogens is 3. The van der Waals surface area contributed by atoms with Crippen molar-refractivity contribution in [1.29, 1.82) is 0 Å². The molecule has 1 aliphatic carbocycles. The molecular formula is C19H20ClF2N3O. The van der Waals surface area contributed by atoms with Crippen LogP contribution in [0.5, 0.6) is 0 Å². The first kappa shape index (κ1) is 18.7. The summed E-state index contributed by atoms with van der Waals surface area (Å²) in [5, 5.41) is 3.22. The number of alkyl halides is 2. The van der Waals surface area contributed by atoms with Gasteiger partial charge in [0.05, 0.1) is 10.6 Å². The van der Waals surface area contributed by atoms with Gasteiger partial charge in [0.1, 0.15) is 5.82 Å². The van der Waals surface area contributed by atoms with Crippen molar-refractivity contribution in [2.45, 2.75) is 43.9 Å². The van der Waals surface area contributed by atoms with Crippen molar-refractivity contribution in [3.05, 3.63) is 58.6 Å². The third-order valence-electron chi connectivity index (χ3n) is 5.04. The van der Waals surface area contributed by atoms with Gasteiger partial charge in [-0.25, -0.2) is 18.7 Å². The molecule has 1 saturated carbocycles. The van der Waals surface area contributed by atoms with E-state index in [1.165, 1.54) is 0 Å². The summed E-state index contributed by atoms with van der Waals surface area (Å²) in [6.07, 6.45) is 3.43. The largest absolute Gasteiger partial charge is 0.351 e. The fraction of sp³-hybridized carbons (Fsp3) is 0.421. The summed E-state index contributed by atoms with van der Waals surface area (Å²) in [6, 6.07) is 6.74. The Kier molecular flexibility index (Phi) is 5.23. The fourth-order valence-electron chi connectivity index (χ4n) is 3.32. The minimum absolute atomic E-state index is 0.219. The molecule has 1 aromatic heterocycles. The van der Waals surface area contributed by atoms with Crippen molar-refractivity contribution in [1.82, 2.24) is 15.3 Å². The molecule has 1 amide bonds. The maximum Gasteiger partial charge on any atom is 0.252 e. The second-order valence-electron chi connectivity index (χ2n) is 6.82. The Hall–Kier alpha value is -2.08. The average Bonchev–Trinajstić information content (AvgIpc) is 2.62. The van der Waals surface area contributed by atoms with Crippen molar-refractivity contribution in [2.75, 3.05) is 6.54 Å². The Balaban J connectivity index is 1.82. The van der Waals surface area contributed by atoms with Crippen molar-refractivity contribution in [3.8, 4) is 0 Å². The van der Waals surface area contributed by atoms with E-state index in [0.29, 0.717) is 16.4 Å². The van der Waals surface area contributed by atoms with Gasteiger partial charge in [0, 0.05) is 37.2 Å². The highest BCUT2D eigenvalue weighted by Gasteiger charge is 2.44. The Morgan fingerprint density at radius 3 is 2.38 bits per heavy atom. The molecule has 138 valence electrons. The molecule has 0 bridgehead atoms. The number of hydrogen-bond donors (Lipinski definition) is 1. The standard InChI is InChI=1S/C19H20ClF2N3O/c1-13-23-10-14(11-24-13)18(6-8-19(21,22)9-7-18)12-25-17(26)15-4-2-3-5-16(15)20/h2-5,10-11H,6-9,12H2,1H3,(H,25,26). The van der Waals surface area contributed by atoms with Gasteiger partial charge in [0.15, 0.2) is 0 Å². The number of hydrogen-bond acceptors (Lipinski definition) is 3. The lowest BCUT2D eigenvalue weighted by molar-refractivity contribution is -0.0517. The summed E-state index contributed by atoms with van der Waals surface area (Å²) in [5.74, 6) is -2.37. The first-order chi connectivity index (χ1) is 12.3. The second-order valence-corrected chi connectivity index (χ2v) is 7.22. The van der Waals surface area contributed by atoms with Crippen LogP contribution in [0.25, 0.3) is 0 Å². The van der Waals surface area contributed by atoms with Crippen LogP contribution in [0, 0.1) is 6.92 Å². The molecule has 1 fully saturated rings. The van der Waals surface area contributed by atoms with Gasteiger partial charge in [0.2, 0.25) is 5.92 Å². The highest BCUT2D eigenvalue weighted by atomic mass is 35.5. The van der Waals surface area contributed by atoms with Crippen LogP contribution in [0.4, 0.5) is 8.78 Å². The number of rotatable bonds is 4. The minimum Gasteiger partial charge on any atom is -0.351 e. The van der Waals surface area contributed by atoms with Crippen LogP contribution in [0.1, 0.15) is 47.4 Å². The zero-order chi connectivity index (χ0) is 18.8. The molecule has 1 N–H and O–H groups in total. The van der Waals surface area contributed by atoms with E-state index in [9.17, 15) is 13.6 Å². The molecule has 1 aliphatic rings. The molecule has 7 heteroatoms. The van der Waals surface area contributed by atoms with Gasteiger partial charge in [-0.3, -0.25) is 4.79 Å². The normalized spacial score (nSPS) is 18.3. The van der Waals surface area contributed by atoms with Crippen LogP contribution < -0.4 is 5.32 Å². The second kappa shape index (κ2) is 7.27. The number of carbonyl (C=O) groups is 1. The summed E-state index contributed by atoms with van der Waals surface area (Å²) in [6.45, 7) is 2.00. The molecule has 4 nitrogen and oxygen atoms in total. The van der Waals surface area contributed by atoms with E-state index in [4.69, 9.17) is 11.6 Å². The van der Waals surface area contributed by atoms with Crippen LogP contribution in [0.2, 0.25) is 5.02 Å². The van der Waals surface area contributed by atoms with Crippen molar-refractivity contribution >= 4 is 17.5 Å². The van der Waals surface area contributed by atoms with E-state index < -0.39 is 11.3 Å². The number of aryl methyl sites for hydroxylation is 1. The highest BCUT2D eigenvalue weighted by Crippen LogP contribution is 2.44. The van der Waals surface area contributed by atoms with Crippen molar-refractivity contribution in [2.24, 2.45) is 0 Å². The van der Waals surface area contributed by atoms with E-state index >= 15 is 0 Å². The molecule has 0 unspecified atom stereocenters. The summed E-state index contributed by atoms with van der Waals surface area (Å²) in [7, 11) is 0. The van der Waals surface area contributed by atoms with E-state index in [1.54, 1.807) is 43.6 Å². The van der Waals surface area contributed by atoms with Gasteiger partial charge in [-0.2, -0.15) is 0 Å². The van der Waals surface area contributed by atoms with E-state index in [2.05, 4.69) is 15.3 Å². The average molecular weight is 380 g/mol. The lowest BCUT2D eigenvalue weighted by Crippen LogP contribution is -2.45. The van der Waals surface area contributed by atoms with E-state index in [0.717, 1.165) is 5.56 Å². The van der Waals surface area contributed by atoms with Gasteiger partial charge in [-0.15, -0.1) is 0 Å². The number of carbonyl (C=O) groups excluding carboxylic acids is 1. The molecule has 1 aromatic carbocycles. The van der Waals surface area contributed by atoms with Crippen LogP contribution >= 0.6 is 11.6 Å². The monoisotopic (exact) mass is 379 g/mol. The molecule has 26 heavy (non-hydrogen) atoms. The first-order valence-electron chi connectivity index (χ1n) is 8.51. The summed E-state index contributed by atoms with van der Waals surface area (Å²) in [4.78, 5) is 20.9. The summed E-state index contributed by atoms with van der Waals surface area (Å²) in [5.41, 5.74) is 0.537. The van der Waals surface area contributed by atoms with Crippen molar-refractivity contribution < 1.29 is 13.6 Å². The van der Waals surface area contributed by atoms with Gasteiger partial charge >= 0.3 is 0 Å². The number of nitrogens with zero attached hydrogens (tertiary/aromatic N) is 2. The van der Waals surface area contributed by atoms with Crippen LogP contribution in [-0.4, -0.2) is 28.3 Å². The molecule has 3 rings (SSSR count). The minimum atomic E-state index is -2.66. The van der Waals surface area contributed by atoms with Gasteiger partial charge in [0.25, 0.3) is 5.91 Å². The first-order valence-corrected chi connectivity index (χ1v) is 8.89. The Morgan fingerprint density at radius 2 is 1.77 bits per heavy atom. The third-order valence-corrected chi connectivity index (χ3v) is 5.37. The molecule has 0 aliphatic heterocycles. The zero-order valence-electron chi connectivity index (χ0n) is 14.4. The summed E-state index contributed by atoms with van der Waals surface area (Å²) < 4.78 is 27.4. The van der Waals surface area contributed by atoms with Gasteiger partial charge in [-0.1, -0.05) is 23.7 Å².